The summed E-state index contributed by atoms with van der Waals surface area (Å²) < 4.78 is 0. The molecule has 0 amide bonds. The Morgan fingerprint density at radius 3 is 0.785 bits per heavy atom. The van der Waals surface area contributed by atoms with Crippen molar-refractivity contribution in [2.45, 2.75) is 169 Å². The van der Waals surface area contributed by atoms with Gasteiger partial charge in [-0.1, -0.05) is 343 Å². The van der Waals surface area contributed by atoms with E-state index in [1.54, 1.807) is 0 Å². The fourth-order valence-corrected chi connectivity index (χ4v) is 16.7. The van der Waals surface area contributed by atoms with Crippen LogP contribution >= 0.6 is 0 Å². The molecular weight excluding hydrogens is 1290 g/mol. The summed E-state index contributed by atoms with van der Waals surface area (Å²) in [6.07, 6.45) is 0.866. The number of hydrogen-bond acceptors (Lipinski definition) is 3. The van der Waals surface area contributed by atoms with E-state index in [2.05, 4.69) is 418 Å². The van der Waals surface area contributed by atoms with Crippen molar-refractivity contribution in [2.75, 3.05) is 14.7 Å². The van der Waals surface area contributed by atoms with E-state index in [4.69, 9.17) is 0 Å². The Morgan fingerprint density at radius 1 is 0.215 bits per heavy atom. The molecule has 534 valence electrons. The molecular formula is C104H103N3. The largest absolute Gasteiger partial charge is 0.305 e. The zero-order chi connectivity index (χ0) is 75.0. The van der Waals surface area contributed by atoms with E-state index in [0.29, 0.717) is 0 Å². The quantitative estimate of drug-likeness (QED) is 0.143. The van der Waals surface area contributed by atoms with E-state index in [9.17, 15) is 0 Å². The van der Waals surface area contributed by atoms with Gasteiger partial charge in [0, 0.05) is 28.2 Å². The molecule has 0 fully saturated rings. The van der Waals surface area contributed by atoms with E-state index in [1.807, 2.05) is 0 Å². The van der Waals surface area contributed by atoms with Crippen molar-refractivity contribution in [1.82, 2.24) is 0 Å². The zero-order valence-electron chi connectivity index (χ0n) is 66.2. The molecule has 13 aromatic rings. The Kier molecular flexibility index (Phi) is 17.2. The van der Waals surface area contributed by atoms with Gasteiger partial charge in [0.05, 0.1) is 51.2 Å². The highest BCUT2D eigenvalue weighted by Gasteiger charge is 2.45. The SMILES string of the molecule is CC(C)(C)c1ccc(-c2cc(C(C)(C)C)cc(-c3ccc(C(C)(C)C)cc3)c2N2c3ccc(-c4ccccc4)cc3N3c4cc(-c5ccccc5)ccc4N(c4c(-c5ccc(C(C)(C)C)cc5)cc(C(C)(C)C)cc4-c4ccc(C(C)(C)C)cc4)c4cc(C5c6ccccc6Cc6ccccc65)cc2c43)cc1. The lowest BCUT2D eigenvalue weighted by Gasteiger charge is -2.49. The maximum Gasteiger partial charge on any atom is 0.0948 e. The van der Waals surface area contributed by atoms with Crippen LogP contribution in [0, 0.1) is 0 Å². The predicted octanol–water partition coefficient (Wildman–Crippen LogP) is 29.6. The molecule has 3 heteroatoms. The third kappa shape index (κ3) is 12.9. The van der Waals surface area contributed by atoms with Gasteiger partial charge in [0.1, 0.15) is 0 Å². The number of anilines is 9. The van der Waals surface area contributed by atoms with Gasteiger partial charge in [-0.2, -0.15) is 0 Å². The maximum atomic E-state index is 2.74. The second-order valence-electron chi connectivity index (χ2n) is 36.7. The first-order valence-electron chi connectivity index (χ1n) is 38.8. The van der Waals surface area contributed by atoms with Crippen molar-refractivity contribution < 1.29 is 0 Å². The molecule has 0 aromatic heterocycles. The van der Waals surface area contributed by atoms with Gasteiger partial charge < -0.3 is 14.7 Å². The van der Waals surface area contributed by atoms with Crippen LogP contribution in [-0.2, 0) is 38.9 Å². The summed E-state index contributed by atoms with van der Waals surface area (Å²) in [6.45, 7) is 42.2. The normalized spacial score (nSPS) is 13.8. The molecule has 0 unspecified atom stereocenters. The Morgan fingerprint density at radius 2 is 0.486 bits per heavy atom. The first-order valence-corrected chi connectivity index (χ1v) is 38.8. The summed E-state index contributed by atoms with van der Waals surface area (Å²) in [4.78, 5) is 8.16. The molecule has 3 nitrogen and oxygen atoms in total. The Balaban J connectivity index is 1.13. The van der Waals surface area contributed by atoms with Crippen molar-refractivity contribution >= 4 is 51.2 Å². The monoisotopic (exact) mass is 1390 g/mol. The Hall–Kier alpha value is -10.7. The van der Waals surface area contributed by atoms with E-state index in [-0.39, 0.29) is 38.4 Å². The molecule has 0 spiro atoms. The molecule has 0 saturated carbocycles. The minimum atomic E-state index is -0.223. The fraction of sp³-hybridized carbons (Fsp3) is 0.250. The lowest BCUT2D eigenvalue weighted by Crippen LogP contribution is -2.32. The van der Waals surface area contributed by atoms with E-state index in [0.717, 1.165) is 79.9 Å². The smallest absolute Gasteiger partial charge is 0.0948 e. The third-order valence-electron chi connectivity index (χ3n) is 23.0. The molecule has 2 aliphatic heterocycles. The first-order chi connectivity index (χ1) is 50.8. The van der Waals surface area contributed by atoms with Crippen LogP contribution in [0.15, 0.2) is 279 Å². The lowest BCUT2D eigenvalue weighted by atomic mass is 9.74. The van der Waals surface area contributed by atoms with Gasteiger partial charge in [0.15, 0.2) is 0 Å². The average molecular weight is 1390 g/mol. The number of rotatable bonds is 9. The van der Waals surface area contributed by atoms with Crippen molar-refractivity contribution in [2.24, 2.45) is 0 Å². The second kappa shape index (κ2) is 26.0. The summed E-state index contributed by atoms with van der Waals surface area (Å²) in [5, 5.41) is 0. The second-order valence-corrected chi connectivity index (χ2v) is 36.7. The van der Waals surface area contributed by atoms with Crippen molar-refractivity contribution in [3.05, 3.63) is 340 Å². The van der Waals surface area contributed by atoms with Crippen LogP contribution < -0.4 is 14.7 Å². The molecule has 3 aliphatic rings. The molecule has 13 aromatic carbocycles. The maximum absolute atomic E-state index is 2.74. The minimum absolute atomic E-state index is 0.0583. The van der Waals surface area contributed by atoms with Crippen LogP contribution in [0.3, 0.4) is 0 Å². The van der Waals surface area contributed by atoms with Crippen LogP contribution in [0.5, 0.6) is 0 Å². The van der Waals surface area contributed by atoms with Gasteiger partial charge >= 0.3 is 0 Å². The summed E-state index contributed by atoms with van der Waals surface area (Å²) in [5.74, 6) is -0.132. The number of fused-ring (bicyclic) bond motifs is 6. The lowest BCUT2D eigenvalue weighted by molar-refractivity contribution is 0.589. The zero-order valence-corrected chi connectivity index (χ0v) is 66.2. The molecule has 0 saturated heterocycles. The standard InChI is InChI=1S/C104H103N3/c1-99(2,3)77-47-37-68(38-48-77)85-62-81(103(13,14)15)63-86(69-39-49-78(50-40-69)100(4,5)6)96(85)105-89-55-45-72(66-29-21-19-22-30-66)58-91(89)107-92-59-73(67-31-23-20-24-32-67)46-56-90(92)106(94-61-76(60-93(105)98(94)107)95-83-35-27-25-33-74(83)57-75-34-26-28-36-84(75)95)97-87(70-41-51-79(52-42-70)101(7,8)9)64-82(104(16,17)18)65-88(97)71-43-53-80(54-44-71)102(10,11)12/h19-56,58-65,95H,57H2,1-18H3. The fourth-order valence-electron chi connectivity index (χ4n) is 16.7. The van der Waals surface area contributed by atoms with Gasteiger partial charge in [-0.15, -0.1) is 0 Å². The molecule has 0 N–H and O–H groups in total. The first kappa shape index (κ1) is 70.6. The Labute approximate surface area is 638 Å². The van der Waals surface area contributed by atoms with Crippen molar-refractivity contribution in [3.63, 3.8) is 0 Å². The van der Waals surface area contributed by atoms with Crippen LogP contribution in [-0.4, -0.2) is 0 Å². The molecule has 0 radical (unpaired) electrons. The minimum Gasteiger partial charge on any atom is -0.305 e. The van der Waals surface area contributed by atoms with Crippen LogP contribution in [0.4, 0.5) is 51.2 Å². The van der Waals surface area contributed by atoms with Gasteiger partial charge in [-0.3, -0.25) is 0 Å². The average Bonchev–Trinajstić information content (AvgIpc) is 0.684. The van der Waals surface area contributed by atoms with Crippen LogP contribution in [0.2, 0.25) is 0 Å². The number of nitrogens with zero attached hydrogens (tertiary/aromatic N) is 3. The Bertz CT molecular complexity index is 5060. The number of hydrogen-bond donors (Lipinski definition) is 0. The summed E-state index contributed by atoms with van der Waals surface area (Å²) in [6, 6.07) is 109. The molecule has 2 heterocycles. The topological polar surface area (TPSA) is 9.72 Å². The van der Waals surface area contributed by atoms with E-state index in [1.165, 1.54) is 106 Å². The molecule has 0 bridgehead atoms. The van der Waals surface area contributed by atoms with Gasteiger partial charge in [0.25, 0.3) is 0 Å². The van der Waals surface area contributed by atoms with Gasteiger partial charge in [0.2, 0.25) is 0 Å². The summed E-state index contributed by atoms with van der Waals surface area (Å²) >= 11 is 0. The number of benzene rings is 13. The van der Waals surface area contributed by atoms with Gasteiger partial charge in [-0.25, -0.2) is 0 Å². The van der Waals surface area contributed by atoms with Crippen molar-refractivity contribution in [3.8, 4) is 66.8 Å². The predicted molar refractivity (Wildman–Crippen MR) is 459 cm³/mol. The molecule has 107 heavy (non-hydrogen) atoms. The third-order valence-corrected chi connectivity index (χ3v) is 23.0. The highest BCUT2D eigenvalue weighted by atomic mass is 15.3. The highest BCUT2D eigenvalue weighted by Crippen LogP contribution is 2.68. The van der Waals surface area contributed by atoms with Crippen LogP contribution in [0.1, 0.15) is 192 Å². The molecule has 1 aliphatic carbocycles. The van der Waals surface area contributed by atoms with E-state index >= 15 is 0 Å². The van der Waals surface area contributed by atoms with E-state index < -0.39 is 0 Å². The van der Waals surface area contributed by atoms with Gasteiger partial charge in [-0.05, 0) is 205 Å². The van der Waals surface area contributed by atoms with Crippen molar-refractivity contribution in [1.29, 1.82) is 0 Å². The molecule has 16 rings (SSSR count). The summed E-state index contributed by atoms with van der Waals surface area (Å²) in [7, 11) is 0. The van der Waals surface area contributed by atoms with Crippen LogP contribution in [0.25, 0.3) is 66.8 Å². The highest BCUT2D eigenvalue weighted by molar-refractivity contribution is 6.17. The summed E-state index contributed by atoms with van der Waals surface area (Å²) in [5.41, 5.74) is 37.5. The molecule has 0 atom stereocenters.